The number of ether oxygens (including phenoxy) is 1. The van der Waals surface area contributed by atoms with Crippen molar-refractivity contribution in [1.82, 2.24) is 0 Å². The summed E-state index contributed by atoms with van der Waals surface area (Å²) < 4.78 is 5.97. The Morgan fingerprint density at radius 1 is 0.905 bits per heavy atom. The fourth-order valence-corrected chi connectivity index (χ4v) is 2.87. The Morgan fingerprint density at radius 2 is 1.67 bits per heavy atom. The molecule has 0 aliphatic heterocycles. The van der Waals surface area contributed by atoms with E-state index in [4.69, 9.17) is 4.74 Å². The Kier molecular flexibility index (Phi) is 4.22. The van der Waals surface area contributed by atoms with E-state index in [1.807, 2.05) is 54.6 Å². The summed E-state index contributed by atoms with van der Waals surface area (Å²) in [7, 11) is 0. The summed E-state index contributed by atoms with van der Waals surface area (Å²) in [4.78, 5) is 1.31. The summed E-state index contributed by atoms with van der Waals surface area (Å²) in [6.07, 6.45) is 0. The van der Waals surface area contributed by atoms with E-state index in [0.717, 1.165) is 17.2 Å². The van der Waals surface area contributed by atoms with E-state index in [1.165, 1.54) is 4.88 Å². The molecule has 1 heterocycles. The molecule has 1 unspecified atom stereocenters. The number of anilines is 1. The van der Waals surface area contributed by atoms with Gasteiger partial charge in [-0.2, -0.15) is 0 Å². The minimum absolute atomic E-state index is 0.255. The highest BCUT2D eigenvalue weighted by atomic mass is 32.1. The molecule has 3 aromatic rings. The maximum Gasteiger partial charge on any atom is 0.150 e. The van der Waals surface area contributed by atoms with Crippen LogP contribution in [-0.2, 0) is 0 Å². The summed E-state index contributed by atoms with van der Waals surface area (Å²) in [5.41, 5.74) is 1.00. The zero-order valence-electron chi connectivity index (χ0n) is 11.8. The van der Waals surface area contributed by atoms with Crippen LogP contribution in [0.4, 0.5) is 5.69 Å². The number of nitrogens with one attached hydrogen (secondary N) is 1. The smallest absolute Gasteiger partial charge is 0.150 e. The molecule has 2 aromatic carbocycles. The third-order valence-corrected chi connectivity index (χ3v) is 4.26. The van der Waals surface area contributed by atoms with Crippen LogP contribution in [0.2, 0.25) is 0 Å². The molecule has 2 nitrogen and oxygen atoms in total. The quantitative estimate of drug-likeness (QED) is 0.650. The first-order valence-corrected chi connectivity index (χ1v) is 7.83. The van der Waals surface area contributed by atoms with Gasteiger partial charge in [-0.15, -0.1) is 11.3 Å². The molecule has 3 heteroatoms. The van der Waals surface area contributed by atoms with Crippen molar-refractivity contribution in [2.75, 3.05) is 5.32 Å². The highest BCUT2D eigenvalue weighted by Crippen LogP contribution is 2.32. The molecule has 0 fully saturated rings. The van der Waals surface area contributed by atoms with Crippen molar-refractivity contribution in [3.05, 3.63) is 77.0 Å². The van der Waals surface area contributed by atoms with Crippen LogP contribution >= 0.6 is 11.3 Å². The van der Waals surface area contributed by atoms with E-state index >= 15 is 0 Å². The lowest BCUT2D eigenvalue weighted by Gasteiger charge is -2.17. The molecule has 0 radical (unpaired) electrons. The van der Waals surface area contributed by atoms with E-state index in [2.05, 4.69) is 29.8 Å². The average molecular weight is 295 g/mol. The van der Waals surface area contributed by atoms with Crippen LogP contribution in [0.3, 0.4) is 0 Å². The molecule has 0 bridgehead atoms. The molecule has 1 aromatic heterocycles. The molecule has 0 spiro atoms. The van der Waals surface area contributed by atoms with E-state index in [9.17, 15) is 0 Å². The van der Waals surface area contributed by atoms with E-state index < -0.39 is 0 Å². The topological polar surface area (TPSA) is 21.3 Å². The second-order valence-electron chi connectivity index (χ2n) is 4.79. The van der Waals surface area contributed by atoms with Crippen LogP contribution < -0.4 is 10.1 Å². The Labute approximate surface area is 129 Å². The number of thiophene rings is 1. The number of hydrogen-bond acceptors (Lipinski definition) is 3. The standard InChI is InChI=1S/C18H17NOS/c1-14(18-12-7-13-21-18)19-16-10-5-6-11-17(16)20-15-8-3-2-4-9-15/h2-14,19H,1H3. The predicted molar refractivity (Wildman–Crippen MR) is 89.3 cm³/mol. The molecule has 1 N–H and O–H groups in total. The van der Waals surface area contributed by atoms with E-state index in [-0.39, 0.29) is 6.04 Å². The number of hydrogen-bond donors (Lipinski definition) is 1. The lowest BCUT2D eigenvalue weighted by molar-refractivity contribution is 0.484. The van der Waals surface area contributed by atoms with Crippen LogP contribution in [0.25, 0.3) is 0 Å². The molecular weight excluding hydrogens is 278 g/mol. The minimum atomic E-state index is 0.255. The van der Waals surface area contributed by atoms with Crippen molar-refractivity contribution in [3.8, 4) is 11.5 Å². The Hall–Kier alpha value is -2.26. The van der Waals surface area contributed by atoms with Gasteiger partial charge in [0.1, 0.15) is 5.75 Å². The molecule has 0 saturated carbocycles. The summed E-state index contributed by atoms with van der Waals surface area (Å²) >= 11 is 1.76. The second-order valence-corrected chi connectivity index (χ2v) is 5.77. The third-order valence-electron chi connectivity index (χ3n) is 3.20. The fourth-order valence-electron chi connectivity index (χ4n) is 2.13. The van der Waals surface area contributed by atoms with Gasteiger partial charge in [0, 0.05) is 4.88 Å². The molecule has 0 amide bonds. The fraction of sp³-hybridized carbons (Fsp3) is 0.111. The number of para-hydroxylation sites is 3. The highest BCUT2D eigenvalue weighted by molar-refractivity contribution is 7.10. The van der Waals surface area contributed by atoms with Crippen molar-refractivity contribution in [2.24, 2.45) is 0 Å². The van der Waals surface area contributed by atoms with Gasteiger partial charge < -0.3 is 10.1 Å². The van der Waals surface area contributed by atoms with Gasteiger partial charge in [-0.3, -0.25) is 0 Å². The molecule has 0 aliphatic carbocycles. The van der Waals surface area contributed by atoms with E-state index in [0.29, 0.717) is 0 Å². The largest absolute Gasteiger partial charge is 0.455 e. The monoisotopic (exact) mass is 295 g/mol. The lowest BCUT2D eigenvalue weighted by atomic mass is 10.2. The maximum atomic E-state index is 5.97. The molecule has 106 valence electrons. The lowest BCUT2D eigenvalue weighted by Crippen LogP contribution is -2.05. The zero-order chi connectivity index (χ0) is 14.5. The molecule has 3 rings (SSSR count). The maximum absolute atomic E-state index is 5.97. The third kappa shape index (κ3) is 3.44. The van der Waals surface area contributed by atoms with Crippen LogP contribution in [0.15, 0.2) is 72.1 Å². The number of benzene rings is 2. The van der Waals surface area contributed by atoms with Gasteiger partial charge in [-0.1, -0.05) is 36.4 Å². The van der Waals surface area contributed by atoms with Crippen LogP contribution in [0.1, 0.15) is 17.8 Å². The van der Waals surface area contributed by atoms with Crippen molar-refractivity contribution in [2.45, 2.75) is 13.0 Å². The molecule has 21 heavy (non-hydrogen) atoms. The van der Waals surface area contributed by atoms with Crippen molar-refractivity contribution in [1.29, 1.82) is 0 Å². The molecule has 1 atom stereocenters. The Morgan fingerprint density at radius 3 is 2.43 bits per heavy atom. The first kappa shape index (κ1) is 13.7. The summed E-state index contributed by atoms with van der Waals surface area (Å²) in [6, 6.07) is 22.3. The first-order valence-electron chi connectivity index (χ1n) is 6.95. The van der Waals surface area contributed by atoms with Gasteiger partial charge in [-0.05, 0) is 42.6 Å². The van der Waals surface area contributed by atoms with Crippen molar-refractivity contribution >= 4 is 17.0 Å². The van der Waals surface area contributed by atoms with Crippen molar-refractivity contribution in [3.63, 3.8) is 0 Å². The second kappa shape index (κ2) is 6.46. The Bertz CT molecular complexity index is 679. The highest BCUT2D eigenvalue weighted by Gasteiger charge is 2.10. The van der Waals surface area contributed by atoms with Gasteiger partial charge in [0.25, 0.3) is 0 Å². The molecule has 0 aliphatic rings. The van der Waals surface area contributed by atoms with Crippen LogP contribution in [0, 0.1) is 0 Å². The normalized spacial score (nSPS) is 11.9. The van der Waals surface area contributed by atoms with Gasteiger partial charge in [0.05, 0.1) is 11.7 Å². The van der Waals surface area contributed by atoms with Gasteiger partial charge in [0.2, 0.25) is 0 Å². The number of rotatable bonds is 5. The summed E-state index contributed by atoms with van der Waals surface area (Å²) in [5, 5.41) is 5.62. The van der Waals surface area contributed by atoms with Crippen molar-refractivity contribution < 1.29 is 4.74 Å². The molecular formula is C18H17NOS. The zero-order valence-corrected chi connectivity index (χ0v) is 12.6. The van der Waals surface area contributed by atoms with Crippen LogP contribution in [0.5, 0.6) is 11.5 Å². The van der Waals surface area contributed by atoms with Gasteiger partial charge in [-0.25, -0.2) is 0 Å². The predicted octanol–water partition coefficient (Wildman–Crippen LogP) is 5.71. The van der Waals surface area contributed by atoms with E-state index in [1.54, 1.807) is 11.3 Å². The average Bonchev–Trinajstić information content (AvgIpc) is 3.05. The van der Waals surface area contributed by atoms with Gasteiger partial charge >= 0.3 is 0 Å². The van der Waals surface area contributed by atoms with Gasteiger partial charge in [0.15, 0.2) is 5.75 Å². The summed E-state index contributed by atoms with van der Waals surface area (Å²) in [5.74, 6) is 1.68. The van der Waals surface area contributed by atoms with Crippen LogP contribution in [-0.4, -0.2) is 0 Å². The Balaban J connectivity index is 1.79. The summed E-state index contributed by atoms with van der Waals surface area (Å²) in [6.45, 7) is 2.16. The minimum Gasteiger partial charge on any atom is -0.455 e. The molecule has 0 saturated heterocycles. The first-order chi connectivity index (χ1) is 10.3. The SMILES string of the molecule is CC(Nc1ccccc1Oc1ccccc1)c1cccs1.